The first-order valence-corrected chi connectivity index (χ1v) is 8.60. The van der Waals surface area contributed by atoms with Crippen LogP contribution in [0.4, 0.5) is 0 Å². The topological polar surface area (TPSA) is 118 Å². The summed E-state index contributed by atoms with van der Waals surface area (Å²) in [7, 11) is 0. The third kappa shape index (κ3) is 18.6. The van der Waals surface area contributed by atoms with E-state index < -0.39 is 0 Å². The quantitative estimate of drug-likeness (QED) is 0.235. The van der Waals surface area contributed by atoms with Crippen LogP contribution in [0.2, 0.25) is 0 Å². The van der Waals surface area contributed by atoms with Gasteiger partial charge in [0.2, 0.25) is 0 Å². The standard InChI is InChI=1S/2C6H8O3.C6H14O2/c2*1-2-6(7)9-4-5-3-8-5;7-5-3-1-2-4-6-8/h2*2,5H,1,3-4H2;7-8H,1-6H2. The normalized spacial score (nSPS) is 18.8. The fraction of sp³-hybridized carbons (Fsp3) is 0.667. The maximum Gasteiger partial charge on any atom is 0.330 e. The Bertz CT molecular complexity index is 364. The van der Waals surface area contributed by atoms with Gasteiger partial charge in [0.25, 0.3) is 0 Å². The van der Waals surface area contributed by atoms with E-state index in [1.807, 2.05) is 0 Å². The highest BCUT2D eigenvalue weighted by molar-refractivity contribution is 5.81. The average molecular weight is 374 g/mol. The Morgan fingerprint density at radius 1 is 0.846 bits per heavy atom. The molecule has 2 aliphatic rings. The first-order valence-electron chi connectivity index (χ1n) is 8.60. The van der Waals surface area contributed by atoms with E-state index in [0.29, 0.717) is 26.4 Å². The van der Waals surface area contributed by atoms with Gasteiger partial charge in [-0.05, 0) is 12.8 Å². The number of carbonyl (C=O) groups excluding carboxylic acids is 2. The maximum atomic E-state index is 10.3. The summed E-state index contributed by atoms with van der Waals surface area (Å²) < 4.78 is 18.8. The van der Waals surface area contributed by atoms with Crippen molar-refractivity contribution in [3.05, 3.63) is 25.3 Å². The van der Waals surface area contributed by atoms with Crippen LogP contribution in [-0.2, 0) is 28.5 Å². The van der Waals surface area contributed by atoms with Crippen LogP contribution in [0.3, 0.4) is 0 Å². The Morgan fingerprint density at radius 2 is 1.19 bits per heavy atom. The van der Waals surface area contributed by atoms with E-state index >= 15 is 0 Å². The number of hydrogen-bond donors (Lipinski definition) is 2. The lowest BCUT2D eigenvalue weighted by atomic mass is 10.2. The van der Waals surface area contributed by atoms with E-state index in [4.69, 9.17) is 19.7 Å². The number of rotatable bonds is 11. The van der Waals surface area contributed by atoms with Crippen LogP contribution in [0.25, 0.3) is 0 Å². The second kappa shape index (κ2) is 16.7. The van der Waals surface area contributed by atoms with Gasteiger partial charge in [0.15, 0.2) is 0 Å². The number of hydrogen-bond acceptors (Lipinski definition) is 8. The summed E-state index contributed by atoms with van der Waals surface area (Å²) >= 11 is 0. The van der Waals surface area contributed by atoms with Crippen molar-refractivity contribution in [1.29, 1.82) is 0 Å². The predicted octanol–water partition coefficient (Wildman–Crippen LogP) is 0.760. The maximum absolute atomic E-state index is 10.3. The highest BCUT2D eigenvalue weighted by atomic mass is 16.6. The average Bonchev–Trinajstić information content (AvgIpc) is 3.57. The molecule has 2 rings (SSSR count). The summed E-state index contributed by atoms with van der Waals surface area (Å²) in [5.74, 6) is -0.768. The predicted molar refractivity (Wildman–Crippen MR) is 94.4 cm³/mol. The summed E-state index contributed by atoms with van der Waals surface area (Å²) in [6, 6.07) is 0. The third-order valence-electron chi connectivity index (χ3n) is 3.03. The van der Waals surface area contributed by atoms with Gasteiger partial charge in [0.05, 0.1) is 13.2 Å². The summed E-state index contributed by atoms with van der Waals surface area (Å²) in [6.07, 6.45) is 6.40. The van der Waals surface area contributed by atoms with Gasteiger partial charge in [-0.3, -0.25) is 0 Å². The zero-order valence-corrected chi connectivity index (χ0v) is 15.1. The molecule has 0 radical (unpaired) electrons. The van der Waals surface area contributed by atoms with Crippen molar-refractivity contribution in [2.45, 2.75) is 37.9 Å². The molecule has 2 N–H and O–H groups in total. The molecule has 0 aliphatic carbocycles. The molecule has 26 heavy (non-hydrogen) atoms. The lowest BCUT2D eigenvalue weighted by Crippen LogP contribution is -2.06. The van der Waals surface area contributed by atoms with Crippen molar-refractivity contribution >= 4 is 11.9 Å². The number of unbranched alkanes of at least 4 members (excludes halogenated alkanes) is 3. The van der Waals surface area contributed by atoms with E-state index in [9.17, 15) is 9.59 Å². The van der Waals surface area contributed by atoms with Crippen LogP contribution in [0.1, 0.15) is 25.7 Å². The molecule has 0 aromatic heterocycles. The molecular formula is C18H30O8. The number of esters is 2. The molecule has 0 aromatic carbocycles. The Morgan fingerprint density at radius 3 is 1.42 bits per heavy atom. The minimum Gasteiger partial charge on any atom is -0.460 e. The molecule has 2 aliphatic heterocycles. The minimum atomic E-state index is -0.384. The van der Waals surface area contributed by atoms with E-state index in [0.717, 1.165) is 37.8 Å². The number of ether oxygens (including phenoxy) is 4. The smallest absolute Gasteiger partial charge is 0.330 e. The Balaban J connectivity index is 0.000000362. The zero-order valence-electron chi connectivity index (χ0n) is 15.1. The lowest BCUT2D eigenvalue weighted by molar-refractivity contribution is -0.139. The molecule has 2 heterocycles. The van der Waals surface area contributed by atoms with Gasteiger partial charge >= 0.3 is 11.9 Å². The zero-order chi connectivity index (χ0) is 19.6. The van der Waals surface area contributed by atoms with Crippen LogP contribution in [0.15, 0.2) is 25.3 Å². The molecule has 150 valence electrons. The fourth-order valence-corrected chi connectivity index (χ4v) is 1.37. The number of carbonyl (C=O) groups is 2. The number of aliphatic hydroxyl groups is 2. The second-order valence-electron chi connectivity index (χ2n) is 5.44. The molecule has 2 saturated heterocycles. The van der Waals surface area contributed by atoms with Crippen LogP contribution in [0.5, 0.6) is 0 Å². The van der Waals surface area contributed by atoms with Gasteiger partial charge in [-0.1, -0.05) is 26.0 Å². The first-order chi connectivity index (χ1) is 12.6. The fourth-order valence-electron chi connectivity index (χ4n) is 1.37. The van der Waals surface area contributed by atoms with E-state index in [1.165, 1.54) is 0 Å². The van der Waals surface area contributed by atoms with Gasteiger partial charge < -0.3 is 29.2 Å². The monoisotopic (exact) mass is 374 g/mol. The Kier molecular flexibility index (Phi) is 15.6. The largest absolute Gasteiger partial charge is 0.460 e. The molecular weight excluding hydrogens is 344 g/mol. The van der Waals surface area contributed by atoms with Gasteiger partial charge in [-0.2, -0.15) is 0 Å². The van der Waals surface area contributed by atoms with Gasteiger partial charge in [0, 0.05) is 25.4 Å². The van der Waals surface area contributed by atoms with E-state index in [2.05, 4.69) is 22.6 Å². The summed E-state index contributed by atoms with van der Waals surface area (Å²) in [5.41, 5.74) is 0. The summed E-state index contributed by atoms with van der Waals surface area (Å²) in [4.78, 5) is 20.7. The SMILES string of the molecule is C=CC(=O)OCC1CO1.C=CC(=O)OCC1CO1.OCCCCCCO. The molecule has 8 heteroatoms. The second-order valence-corrected chi connectivity index (χ2v) is 5.44. The van der Waals surface area contributed by atoms with Crippen molar-refractivity contribution in [2.24, 2.45) is 0 Å². The highest BCUT2D eigenvalue weighted by Crippen LogP contribution is 2.08. The van der Waals surface area contributed by atoms with Crippen molar-refractivity contribution in [1.82, 2.24) is 0 Å². The number of aliphatic hydroxyl groups excluding tert-OH is 2. The molecule has 2 atom stereocenters. The van der Waals surface area contributed by atoms with Crippen LogP contribution >= 0.6 is 0 Å². The molecule has 0 bridgehead atoms. The van der Waals surface area contributed by atoms with Crippen molar-refractivity contribution in [3.8, 4) is 0 Å². The van der Waals surface area contributed by atoms with Gasteiger partial charge in [-0.15, -0.1) is 0 Å². The van der Waals surface area contributed by atoms with Crippen LogP contribution < -0.4 is 0 Å². The Labute approximate surface area is 154 Å². The molecule has 0 spiro atoms. The van der Waals surface area contributed by atoms with Crippen LogP contribution in [0, 0.1) is 0 Å². The molecule has 0 aromatic rings. The number of epoxide rings is 2. The summed E-state index contributed by atoms with van der Waals surface area (Å²) in [6.45, 7) is 9.21. The van der Waals surface area contributed by atoms with Crippen molar-refractivity contribution in [3.63, 3.8) is 0 Å². The molecule has 0 amide bonds. The summed E-state index contributed by atoms with van der Waals surface area (Å²) in [5, 5.41) is 16.6. The van der Waals surface area contributed by atoms with Gasteiger partial charge in [-0.25, -0.2) is 9.59 Å². The first kappa shape index (κ1) is 24.3. The minimum absolute atomic E-state index is 0.147. The molecule has 2 unspecified atom stereocenters. The van der Waals surface area contributed by atoms with E-state index in [1.54, 1.807) is 0 Å². The van der Waals surface area contributed by atoms with Crippen LogP contribution in [-0.4, -0.2) is 74.0 Å². The third-order valence-corrected chi connectivity index (χ3v) is 3.03. The molecule has 0 saturated carbocycles. The lowest BCUT2D eigenvalue weighted by Gasteiger charge is -1.94. The Hall–Kier alpha value is -1.74. The highest BCUT2D eigenvalue weighted by Gasteiger charge is 2.24. The molecule has 2 fully saturated rings. The molecule has 8 nitrogen and oxygen atoms in total. The van der Waals surface area contributed by atoms with Gasteiger partial charge in [0.1, 0.15) is 25.4 Å². The van der Waals surface area contributed by atoms with Crippen molar-refractivity contribution < 1.29 is 38.7 Å². The van der Waals surface area contributed by atoms with Crippen molar-refractivity contribution in [2.75, 3.05) is 39.6 Å². The van der Waals surface area contributed by atoms with E-state index in [-0.39, 0.29) is 37.4 Å².